The SMILES string of the molecule is Oc1ccc(OCc2cnc3c(Cl)cccn23)cc1. The van der Waals surface area contributed by atoms with Gasteiger partial charge in [-0.25, -0.2) is 4.98 Å². The van der Waals surface area contributed by atoms with Crippen molar-refractivity contribution < 1.29 is 9.84 Å². The maximum Gasteiger partial charge on any atom is 0.155 e. The van der Waals surface area contributed by atoms with Gasteiger partial charge in [-0.15, -0.1) is 0 Å². The molecule has 4 nitrogen and oxygen atoms in total. The van der Waals surface area contributed by atoms with Crippen LogP contribution in [0.5, 0.6) is 11.5 Å². The Labute approximate surface area is 114 Å². The number of halogens is 1. The molecule has 0 atom stereocenters. The Kier molecular flexibility index (Phi) is 3.01. The summed E-state index contributed by atoms with van der Waals surface area (Å²) in [5, 5.41) is 9.81. The lowest BCUT2D eigenvalue weighted by Gasteiger charge is -2.06. The number of phenolic OH excluding ortho intramolecular Hbond substituents is 1. The lowest BCUT2D eigenvalue weighted by Crippen LogP contribution is -1.99. The van der Waals surface area contributed by atoms with Gasteiger partial charge in [0.1, 0.15) is 18.1 Å². The first-order valence-corrected chi connectivity index (χ1v) is 6.14. The van der Waals surface area contributed by atoms with Crippen LogP contribution >= 0.6 is 11.6 Å². The number of nitrogens with zero attached hydrogens (tertiary/aromatic N) is 2. The van der Waals surface area contributed by atoms with Crippen LogP contribution in [0.3, 0.4) is 0 Å². The third kappa shape index (κ3) is 2.35. The standard InChI is InChI=1S/C14H11ClN2O2/c15-13-2-1-7-17-10(8-16-14(13)17)9-19-12-5-3-11(18)4-6-12/h1-8,18H,9H2. The Morgan fingerprint density at radius 1 is 1.21 bits per heavy atom. The number of aromatic hydroxyl groups is 1. The molecule has 0 amide bonds. The van der Waals surface area contributed by atoms with E-state index in [9.17, 15) is 5.11 Å². The first kappa shape index (κ1) is 11.9. The summed E-state index contributed by atoms with van der Waals surface area (Å²) in [5.41, 5.74) is 1.62. The van der Waals surface area contributed by atoms with E-state index in [1.54, 1.807) is 36.5 Å². The Hall–Kier alpha value is -2.20. The van der Waals surface area contributed by atoms with Crippen molar-refractivity contribution in [3.63, 3.8) is 0 Å². The highest BCUT2D eigenvalue weighted by Gasteiger charge is 2.06. The molecule has 2 aromatic heterocycles. The van der Waals surface area contributed by atoms with E-state index < -0.39 is 0 Å². The molecule has 1 aromatic carbocycles. The van der Waals surface area contributed by atoms with E-state index in [1.807, 2.05) is 16.7 Å². The van der Waals surface area contributed by atoms with Gasteiger partial charge in [-0.2, -0.15) is 0 Å². The van der Waals surface area contributed by atoms with Crippen LogP contribution in [0.25, 0.3) is 5.65 Å². The van der Waals surface area contributed by atoms with E-state index in [1.165, 1.54) is 0 Å². The first-order valence-electron chi connectivity index (χ1n) is 5.76. The smallest absolute Gasteiger partial charge is 0.155 e. The topological polar surface area (TPSA) is 46.8 Å². The number of hydrogen-bond acceptors (Lipinski definition) is 3. The summed E-state index contributed by atoms with van der Waals surface area (Å²) in [6.07, 6.45) is 3.63. The van der Waals surface area contributed by atoms with Crippen LogP contribution in [0.4, 0.5) is 0 Å². The van der Waals surface area contributed by atoms with Gasteiger partial charge >= 0.3 is 0 Å². The molecule has 0 saturated carbocycles. The van der Waals surface area contributed by atoms with E-state index in [0.717, 1.165) is 5.69 Å². The van der Waals surface area contributed by atoms with Gasteiger partial charge in [0.2, 0.25) is 0 Å². The molecule has 1 N–H and O–H groups in total. The van der Waals surface area contributed by atoms with Gasteiger partial charge in [0.05, 0.1) is 16.9 Å². The maximum atomic E-state index is 9.20. The second kappa shape index (κ2) is 4.82. The summed E-state index contributed by atoms with van der Waals surface area (Å²) < 4.78 is 7.53. The molecule has 0 saturated heterocycles. The van der Waals surface area contributed by atoms with Gasteiger partial charge in [-0.05, 0) is 36.4 Å². The monoisotopic (exact) mass is 274 g/mol. The third-order valence-electron chi connectivity index (χ3n) is 2.79. The minimum absolute atomic E-state index is 0.217. The highest BCUT2D eigenvalue weighted by Crippen LogP contribution is 2.20. The van der Waals surface area contributed by atoms with Crippen LogP contribution in [0.2, 0.25) is 5.02 Å². The summed E-state index contributed by atoms with van der Waals surface area (Å²) in [7, 11) is 0. The molecular weight excluding hydrogens is 264 g/mol. The molecular formula is C14H11ClN2O2. The van der Waals surface area contributed by atoms with E-state index >= 15 is 0 Å². The third-order valence-corrected chi connectivity index (χ3v) is 3.08. The van der Waals surface area contributed by atoms with Gasteiger partial charge < -0.3 is 9.84 Å². The fourth-order valence-electron chi connectivity index (χ4n) is 1.83. The van der Waals surface area contributed by atoms with Crippen molar-refractivity contribution in [1.82, 2.24) is 9.38 Å². The number of fused-ring (bicyclic) bond motifs is 1. The minimum atomic E-state index is 0.217. The Bertz CT molecular complexity index is 707. The predicted octanol–water partition coefficient (Wildman–Crippen LogP) is 3.27. The molecule has 5 heteroatoms. The molecule has 96 valence electrons. The van der Waals surface area contributed by atoms with Crippen LogP contribution in [0, 0.1) is 0 Å². The molecule has 2 heterocycles. The summed E-state index contributed by atoms with van der Waals surface area (Å²) in [4.78, 5) is 4.26. The van der Waals surface area contributed by atoms with Crippen LogP contribution in [-0.4, -0.2) is 14.5 Å². The molecule has 3 rings (SSSR count). The van der Waals surface area contributed by atoms with Crippen molar-refractivity contribution in [2.75, 3.05) is 0 Å². The number of pyridine rings is 1. The zero-order valence-corrected chi connectivity index (χ0v) is 10.7. The Morgan fingerprint density at radius 3 is 2.79 bits per heavy atom. The second-order valence-corrected chi connectivity index (χ2v) is 4.49. The normalized spacial score (nSPS) is 10.8. The molecule has 0 aliphatic rings. The molecule has 0 fully saturated rings. The highest BCUT2D eigenvalue weighted by atomic mass is 35.5. The van der Waals surface area contributed by atoms with Crippen molar-refractivity contribution in [3.8, 4) is 11.5 Å². The summed E-state index contributed by atoms with van der Waals surface area (Å²) >= 11 is 6.05. The molecule has 0 spiro atoms. The molecule has 0 unspecified atom stereocenters. The average Bonchev–Trinajstić information content (AvgIpc) is 2.83. The molecule has 0 aliphatic heterocycles. The zero-order valence-electron chi connectivity index (χ0n) is 9.95. The van der Waals surface area contributed by atoms with E-state index in [-0.39, 0.29) is 5.75 Å². The molecule has 3 aromatic rings. The molecule has 19 heavy (non-hydrogen) atoms. The van der Waals surface area contributed by atoms with Crippen LogP contribution < -0.4 is 4.74 Å². The zero-order chi connectivity index (χ0) is 13.2. The number of imidazole rings is 1. The van der Waals surface area contributed by atoms with Crippen molar-refractivity contribution in [2.24, 2.45) is 0 Å². The summed E-state index contributed by atoms with van der Waals surface area (Å²) in [5.74, 6) is 0.906. The number of phenols is 1. The molecule has 0 radical (unpaired) electrons. The Balaban J connectivity index is 1.82. The summed E-state index contributed by atoms with van der Waals surface area (Å²) in [6, 6.07) is 10.3. The molecule has 0 aliphatic carbocycles. The number of hydrogen-bond donors (Lipinski definition) is 1. The van der Waals surface area contributed by atoms with Crippen molar-refractivity contribution >= 4 is 17.2 Å². The van der Waals surface area contributed by atoms with Crippen molar-refractivity contribution in [2.45, 2.75) is 6.61 Å². The largest absolute Gasteiger partial charge is 0.508 e. The van der Waals surface area contributed by atoms with Crippen LogP contribution in [-0.2, 0) is 6.61 Å². The fourth-order valence-corrected chi connectivity index (χ4v) is 2.05. The quantitative estimate of drug-likeness (QED) is 0.797. The van der Waals surface area contributed by atoms with Gasteiger partial charge in [0.15, 0.2) is 5.65 Å². The van der Waals surface area contributed by atoms with Gasteiger partial charge in [0.25, 0.3) is 0 Å². The lowest BCUT2D eigenvalue weighted by atomic mass is 10.3. The number of rotatable bonds is 3. The van der Waals surface area contributed by atoms with E-state index in [4.69, 9.17) is 16.3 Å². The molecule has 0 bridgehead atoms. The Morgan fingerprint density at radius 2 is 2.00 bits per heavy atom. The highest BCUT2D eigenvalue weighted by molar-refractivity contribution is 6.33. The van der Waals surface area contributed by atoms with Crippen molar-refractivity contribution in [3.05, 3.63) is 59.5 Å². The van der Waals surface area contributed by atoms with Crippen LogP contribution in [0.1, 0.15) is 5.69 Å². The lowest BCUT2D eigenvalue weighted by molar-refractivity contribution is 0.300. The minimum Gasteiger partial charge on any atom is -0.508 e. The maximum absolute atomic E-state index is 9.20. The van der Waals surface area contributed by atoms with Gasteiger partial charge in [-0.1, -0.05) is 11.6 Å². The summed E-state index contributed by atoms with van der Waals surface area (Å²) in [6.45, 7) is 0.381. The van der Waals surface area contributed by atoms with E-state index in [2.05, 4.69) is 4.98 Å². The predicted molar refractivity (Wildman–Crippen MR) is 72.6 cm³/mol. The number of aromatic nitrogens is 2. The van der Waals surface area contributed by atoms with E-state index in [0.29, 0.717) is 23.0 Å². The second-order valence-electron chi connectivity index (χ2n) is 4.08. The van der Waals surface area contributed by atoms with Gasteiger partial charge in [0, 0.05) is 6.20 Å². The van der Waals surface area contributed by atoms with Gasteiger partial charge in [-0.3, -0.25) is 4.40 Å². The average molecular weight is 275 g/mol. The first-order chi connectivity index (χ1) is 9.24. The number of ether oxygens (including phenoxy) is 1. The fraction of sp³-hybridized carbons (Fsp3) is 0.0714. The van der Waals surface area contributed by atoms with Crippen molar-refractivity contribution in [1.29, 1.82) is 0 Å². The number of benzene rings is 1. The van der Waals surface area contributed by atoms with Crippen LogP contribution in [0.15, 0.2) is 48.8 Å².